The third-order valence-corrected chi connectivity index (χ3v) is 2.81. The van der Waals surface area contributed by atoms with Crippen molar-refractivity contribution in [1.29, 1.82) is 0 Å². The Morgan fingerprint density at radius 2 is 2.00 bits per heavy atom. The molecule has 7 heteroatoms. The minimum atomic E-state index is -1.10. The molecule has 1 aromatic heterocycles. The number of carbonyl (C=O) groups is 1. The monoisotopic (exact) mass is 261 g/mol. The summed E-state index contributed by atoms with van der Waals surface area (Å²) in [5.74, 6) is -1.10. The normalized spacial score (nSPS) is 10.4. The predicted octanol–water partition coefficient (Wildman–Crippen LogP) is 2.10. The molecule has 0 amide bonds. The second kappa shape index (κ2) is 4.52. The number of aromatic carboxylic acids is 1. The van der Waals surface area contributed by atoms with E-state index >= 15 is 0 Å². The summed E-state index contributed by atoms with van der Waals surface area (Å²) in [6, 6.07) is 6.07. The number of rotatable bonds is 3. The lowest BCUT2D eigenvalue weighted by atomic mass is 10.2. The van der Waals surface area contributed by atoms with Crippen molar-refractivity contribution in [3.05, 3.63) is 51.3 Å². The van der Waals surface area contributed by atoms with E-state index in [0.29, 0.717) is 11.4 Å². The summed E-state index contributed by atoms with van der Waals surface area (Å²) in [5, 5.41) is 24.2. The van der Waals surface area contributed by atoms with Gasteiger partial charge in [-0.1, -0.05) is 12.1 Å². The van der Waals surface area contributed by atoms with Crippen molar-refractivity contribution in [2.75, 3.05) is 0 Å². The van der Waals surface area contributed by atoms with Crippen LogP contribution >= 0.6 is 0 Å². The number of hydrogen-bond donors (Lipinski definition) is 1. The fraction of sp³-hybridized carbons (Fsp3) is 0.167. The van der Waals surface area contributed by atoms with Crippen molar-refractivity contribution in [1.82, 2.24) is 9.78 Å². The summed E-state index contributed by atoms with van der Waals surface area (Å²) in [5.41, 5.74) is 0.881. The van der Waals surface area contributed by atoms with Crippen LogP contribution in [0.25, 0.3) is 5.69 Å². The van der Waals surface area contributed by atoms with E-state index in [9.17, 15) is 14.9 Å². The van der Waals surface area contributed by atoms with E-state index in [1.165, 1.54) is 16.8 Å². The SMILES string of the molecule is Cc1nn(-c2ccccc2[N+](=O)[O-])c(C)c1C(=O)O. The smallest absolute Gasteiger partial charge is 0.339 e. The number of carboxylic acids is 1. The van der Waals surface area contributed by atoms with E-state index in [1.807, 2.05) is 0 Å². The summed E-state index contributed by atoms with van der Waals surface area (Å²) in [6.07, 6.45) is 0. The molecule has 0 aliphatic heterocycles. The summed E-state index contributed by atoms with van der Waals surface area (Å²) >= 11 is 0. The summed E-state index contributed by atoms with van der Waals surface area (Å²) in [7, 11) is 0. The average Bonchev–Trinajstić information content (AvgIpc) is 2.64. The van der Waals surface area contributed by atoms with Gasteiger partial charge >= 0.3 is 5.97 Å². The topological polar surface area (TPSA) is 98.3 Å². The maximum atomic E-state index is 11.1. The van der Waals surface area contributed by atoms with Crippen LogP contribution in [0.15, 0.2) is 24.3 Å². The van der Waals surface area contributed by atoms with Crippen molar-refractivity contribution >= 4 is 11.7 Å². The number of nitro groups is 1. The molecule has 98 valence electrons. The first-order valence-corrected chi connectivity index (χ1v) is 5.46. The van der Waals surface area contributed by atoms with Gasteiger partial charge in [0.1, 0.15) is 11.3 Å². The number of nitro benzene ring substituents is 1. The molecular weight excluding hydrogens is 250 g/mol. The fourth-order valence-electron chi connectivity index (χ4n) is 1.98. The Morgan fingerprint density at radius 3 is 2.53 bits per heavy atom. The number of aryl methyl sites for hydroxylation is 1. The number of nitrogens with zero attached hydrogens (tertiary/aromatic N) is 3. The Labute approximate surface area is 108 Å². The van der Waals surface area contributed by atoms with Gasteiger partial charge in [-0.3, -0.25) is 10.1 Å². The number of hydrogen-bond acceptors (Lipinski definition) is 4. The van der Waals surface area contributed by atoms with Crippen molar-refractivity contribution in [3.8, 4) is 5.69 Å². The minimum absolute atomic E-state index is 0.0677. The van der Waals surface area contributed by atoms with E-state index in [4.69, 9.17) is 5.11 Å². The molecule has 0 saturated carbocycles. The highest BCUT2D eigenvalue weighted by Gasteiger charge is 2.22. The quantitative estimate of drug-likeness (QED) is 0.673. The van der Waals surface area contributed by atoms with E-state index in [-0.39, 0.29) is 16.9 Å². The Kier molecular flexibility index (Phi) is 3.04. The van der Waals surface area contributed by atoms with Gasteiger partial charge in [0.05, 0.1) is 16.3 Å². The van der Waals surface area contributed by atoms with Gasteiger partial charge in [-0.15, -0.1) is 0 Å². The summed E-state index contributed by atoms with van der Waals surface area (Å²) < 4.78 is 1.29. The highest BCUT2D eigenvalue weighted by atomic mass is 16.6. The Morgan fingerprint density at radius 1 is 1.37 bits per heavy atom. The number of benzene rings is 1. The number of aromatic nitrogens is 2. The van der Waals surface area contributed by atoms with E-state index in [1.54, 1.807) is 26.0 Å². The van der Waals surface area contributed by atoms with E-state index in [0.717, 1.165) is 0 Å². The highest BCUT2D eigenvalue weighted by Crippen LogP contribution is 2.25. The van der Waals surface area contributed by atoms with Gasteiger partial charge in [-0.25, -0.2) is 9.48 Å². The van der Waals surface area contributed by atoms with Crippen LogP contribution in [0.1, 0.15) is 21.7 Å². The largest absolute Gasteiger partial charge is 0.478 e. The molecule has 1 N–H and O–H groups in total. The molecule has 0 atom stereocenters. The second-order valence-electron chi connectivity index (χ2n) is 4.01. The molecule has 0 aliphatic carbocycles. The van der Waals surface area contributed by atoms with Crippen LogP contribution in [0.4, 0.5) is 5.69 Å². The lowest BCUT2D eigenvalue weighted by Crippen LogP contribution is -2.05. The lowest BCUT2D eigenvalue weighted by molar-refractivity contribution is -0.384. The molecule has 0 saturated heterocycles. The summed E-state index contributed by atoms with van der Waals surface area (Å²) in [6.45, 7) is 3.13. The van der Waals surface area contributed by atoms with Gasteiger partial charge in [-0.2, -0.15) is 5.10 Å². The van der Waals surface area contributed by atoms with E-state index < -0.39 is 10.9 Å². The Balaban J connectivity index is 2.70. The molecule has 0 fully saturated rings. The molecule has 0 unspecified atom stereocenters. The van der Waals surface area contributed by atoms with Crippen molar-refractivity contribution in [2.24, 2.45) is 0 Å². The first-order valence-electron chi connectivity index (χ1n) is 5.46. The number of carboxylic acid groups (broad SMARTS) is 1. The fourth-order valence-corrected chi connectivity index (χ4v) is 1.98. The molecule has 0 spiro atoms. The molecule has 2 aromatic rings. The molecule has 0 radical (unpaired) electrons. The molecule has 7 nitrogen and oxygen atoms in total. The van der Waals surface area contributed by atoms with Gasteiger partial charge in [-0.05, 0) is 19.9 Å². The van der Waals surface area contributed by atoms with Crippen LogP contribution in [0, 0.1) is 24.0 Å². The first-order chi connectivity index (χ1) is 8.93. The zero-order chi connectivity index (χ0) is 14.2. The lowest BCUT2D eigenvalue weighted by Gasteiger charge is -2.05. The molecule has 2 rings (SSSR count). The molecule has 1 aromatic carbocycles. The number of para-hydroxylation sites is 2. The van der Waals surface area contributed by atoms with Crippen LogP contribution in [0.5, 0.6) is 0 Å². The van der Waals surface area contributed by atoms with Gasteiger partial charge in [0.15, 0.2) is 0 Å². The van der Waals surface area contributed by atoms with Crippen LogP contribution in [0.2, 0.25) is 0 Å². The minimum Gasteiger partial charge on any atom is -0.478 e. The molecule has 19 heavy (non-hydrogen) atoms. The van der Waals surface area contributed by atoms with E-state index in [2.05, 4.69) is 5.10 Å². The second-order valence-corrected chi connectivity index (χ2v) is 4.01. The Hall–Kier alpha value is -2.70. The Bertz CT molecular complexity index is 676. The van der Waals surface area contributed by atoms with Crippen LogP contribution in [0.3, 0.4) is 0 Å². The third-order valence-electron chi connectivity index (χ3n) is 2.81. The maximum Gasteiger partial charge on any atom is 0.339 e. The van der Waals surface area contributed by atoms with Crippen molar-refractivity contribution < 1.29 is 14.8 Å². The average molecular weight is 261 g/mol. The zero-order valence-electron chi connectivity index (χ0n) is 10.3. The van der Waals surface area contributed by atoms with Crippen LogP contribution in [-0.2, 0) is 0 Å². The highest BCUT2D eigenvalue weighted by molar-refractivity contribution is 5.90. The molecule has 0 aliphatic rings. The predicted molar refractivity (Wildman–Crippen MR) is 66.7 cm³/mol. The zero-order valence-corrected chi connectivity index (χ0v) is 10.3. The van der Waals surface area contributed by atoms with Crippen LogP contribution < -0.4 is 0 Å². The van der Waals surface area contributed by atoms with Crippen LogP contribution in [-0.4, -0.2) is 25.8 Å². The van der Waals surface area contributed by atoms with Gasteiger partial charge in [0, 0.05) is 6.07 Å². The first kappa shape index (κ1) is 12.7. The maximum absolute atomic E-state index is 11.1. The van der Waals surface area contributed by atoms with Gasteiger partial charge < -0.3 is 5.11 Å². The molecule has 1 heterocycles. The summed E-state index contributed by atoms with van der Waals surface area (Å²) in [4.78, 5) is 21.6. The van der Waals surface area contributed by atoms with Gasteiger partial charge in [0.2, 0.25) is 0 Å². The molecular formula is C12H11N3O4. The molecule has 0 bridgehead atoms. The third kappa shape index (κ3) is 2.05. The van der Waals surface area contributed by atoms with Crippen molar-refractivity contribution in [3.63, 3.8) is 0 Å². The standard InChI is InChI=1S/C12H11N3O4/c1-7-11(12(16)17)8(2)14(13-7)9-5-3-4-6-10(9)15(18)19/h3-6H,1-2H3,(H,16,17). The van der Waals surface area contributed by atoms with Gasteiger partial charge in [0.25, 0.3) is 5.69 Å². The van der Waals surface area contributed by atoms with Crippen molar-refractivity contribution in [2.45, 2.75) is 13.8 Å².